The third-order valence-electron chi connectivity index (χ3n) is 4.22. The van der Waals surface area contributed by atoms with Gasteiger partial charge in [0.1, 0.15) is 6.07 Å². The van der Waals surface area contributed by atoms with Crippen LogP contribution in [-0.4, -0.2) is 30.6 Å². The van der Waals surface area contributed by atoms with Crippen molar-refractivity contribution in [1.82, 2.24) is 10.3 Å². The van der Waals surface area contributed by atoms with Crippen LogP contribution in [0.25, 0.3) is 10.8 Å². The maximum Gasteiger partial charge on any atom is 0.220 e. The third-order valence-corrected chi connectivity index (χ3v) is 4.22. The van der Waals surface area contributed by atoms with E-state index in [-0.39, 0.29) is 11.9 Å². The molecule has 2 aromatic rings. The van der Waals surface area contributed by atoms with Gasteiger partial charge in [-0.3, -0.25) is 19.7 Å². The van der Waals surface area contributed by atoms with E-state index in [1.54, 1.807) is 31.5 Å². The van der Waals surface area contributed by atoms with E-state index in [1.165, 1.54) is 0 Å². The number of fused-ring (bicyclic) bond motifs is 1. The molecule has 1 atom stereocenters. The van der Waals surface area contributed by atoms with Gasteiger partial charge in [0, 0.05) is 35.6 Å². The van der Waals surface area contributed by atoms with Crippen LogP contribution in [0, 0.1) is 23.2 Å². The maximum atomic E-state index is 11.4. The number of nitriles is 1. The standard InChI is InChI=1S/C19H18N4O2/c1-3-4-13-10-21-11-15-8-18(14(9-20)7-17(13)15)23(25-2)12-16-5-6-19(24)22-16/h7-8,10-11,16H,5-6,12H2,1-2H3,(H,22,24)/t16-/m0/s1. The van der Waals surface area contributed by atoms with E-state index in [4.69, 9.17) is 4.84 Å². The Labute approximate surface area is 146 Å². The van der Waals surface area contributed by atoms with Gasteiger partial charge in [-0.2, -0.15) is 5.26 Å². The fourth-order valence-corrected chi connectivity index (χ4v) is 3.02. The van der Waals surface area contributed by atoms with Crippen LogP contribution in [0.15, 0.2) is 24.5 Å². The molecule has 1 amide bonds. The summed E-state index contributed by atoms with van der Waals surface area (Å²) >= 11 is 0. The highest BCUT2D eigenvalue weighted by atomic mass is 16.7. The largest absolute Gasteiger partial charge is 0.351 e. The molecule has 1 N–H and O–H groups in total. The van der Waals surface area contributed by atoms with Gasteiger partial charge in [-0.1, -0.05) is 5.92 Å². The molecule has 0 radical (unpaired) electrons. The molecule has 6 nitrogen and oxygen atoms in total. The summed E-state index contributed by atoms with van der Waals surface area (Å²) in [4.78, 5) is 21.1. The Morgan fingerprint density at radius 2 is 2.24 bits per heavy atom. The number of hydrogen-bond donors (Lipinski definition) is 1. The molecular weight excluding hydrogens is 316 g/mol. The number of benzene rings is 1. The van der Waals surface area contributed by atoms with Crippen LogP contribution in [-0.2, 0) is 9.63 Å². The average Bonchev–Trinajstić information content (AvgIpc) is 3.04. The molecule has 1 saturated heterocycles. The second kappa shape index (κ2) is 7.21. The summed E-state index contributed by atoms with van der Waals surface area (Å²) in [7, 11) is 1.55. The summed E-state index contributed by atoms with van der Waals surface area (Å²) in [6.45, 7) is 2.24. The minimum atomic E-state index is 0.00473. The van der Waals surface area contributed by atoms with E-state index in [0.29, 0.717) is 24.2 Å². The molecule has 1 aromatic carbocycles. The van der Waals surface area contributed by atoms with Gasteiger partial charge >= 0.3 is 0 Å². The fourth-order valence-electron chi connectivity index (χ4n) is 3.02. The summed E-state index contributed by atoms with van der Waals surface area (Å²) in [5.74, 6) is 5.93. The van der Waals surface area contributed by atoms with Crippen molar-refractivity contribution in [3.05, 3.63) is 35.7 Å². The van der Waals surface area contributed by atoms with Crippen molar-refractivity contribution in [2.45, 2.75) is 25.8 Å². The van der Waals surface area contributed by atoms with Gasteiger partial charge in [-0.05, 0) is 25.5 Å². The number of rotatable bonds is 4. The molecule has 0 saturated carbocycles. The second-order valence-electron chi connectivity index (χ2n) is 5.81. The first-order valence-electron chi connectivity index (χ1n) is 8.02. The van der Waals surface area contributed by atoms with Gasteiger partial charge in [-0.15, -0.1) is 5.92 Å². The van der Waals surface area contributed by atoms with Gasteiger partial charge in [0.15, 0.2) is 0 Å². The molecule has 1 aliphatic rings. The van der Waals surface area contributed by atoms with Crippen LogP contribution >= 0.6 is 0 Å². The number of hydroxylamine groups is 1. The van der Waals surface area contributed by atoms with E-state index in [0.717, 1.165) is 22.8 Å². The smallest absolute Gasteiger partial charge is 0.220 e. The molecule has 3 rings (SSSR count). The predicted octanol–water partition coefficient (Wildman–Crippen LogP) is 2.12. The highest BCUT2D eigenvalue weighted by Crippen LogP contribution is 2.29. The van der Waals surface area contributed by atoms with Crippen molar-refractivity contribution in [3.8, 4) is 17.9 Å². The normalized spacial score (nSPS) is 16.0. The Morgan fingerprint density at radius 3 is 2.88 bits per heavy atom. The van der Waals surface area contributed by atoms with Crippen molar-refractivity contribution in [3.63, 3.8) is 0 Å². The molecule has 0 spiro atoms. The zero-order chi connectivity index (χ0) is 17.8. The number of aromatic nitrogens is 1. The number of nitrogens with zero attached hydrogens (tertiary/aromatic N) is 3. The minimum Gasteiger partial charge on any atom is -0.351 e. The van der Waals surface area contributed by atoms with Crippen LogP contribution in [0.5, 0.6) is 0 Å². The zero-order valence-electron chi connectivity index (χ0n) is 14.2. The number of pyridine rings is 1. The van der Waals surface area contributed by atoms with E-state index in [2.05, 4.69) is 28.2 Å². The molecule has 0 bridgehead atoms. The number of nitrogens with one attached hydrogen (secondary N) is 1. The fraction of sp³-hybridized carbons (Fsp3) is 0.316. The molecular formula is C19H18N4O2. The molecule has 2 heterocycles. The summed E-state index contributed by atoms with van der Waals surface area (Å²) in [5, 5.41) is 15.9. The number of carbonyl (C=O) groups excluding carboxylic acids is 1. The highest BCUT2D eigenvalue weighted by molar-refractivity contribution is 5.92. The zero-order valence-corrected chi connectivity index (χ0v) is 14.2. The molecule has 1 aromatic heterocycles. The molecule has 1 aliphatic heterocycles. The molecule has 6 heteroatoms. The van der Waals surface area contributed by atoms with Crippen molar-refractivity contribution >= 4 is 22.4 Å². The lowest BCUT2D eigenvalue weighted by molar-refractivity contribution is -0.119. The lowest BCUT2D eigenvalue weighted by Crippen LogP contribution is -2.38. The van der Waals surface area contributed by atoms with E-state index in [9.17, 15) is 10.1 Å². The van der Waals surface area contributed by atoms with Crippen LogP contribution in [0.2, 0.25) is 0 Å². The van der Waals surface area contributed by atoms with Crippen LogP contribution in [0.3, 0.4) is 0 Å². The monoisotopic (exact) mass is 334 g/mol. The van der Waals surface area contributed by atoms with Gasteiger partial charge in [0.2, 0.25) is 5.91 Å². The molecule has 126 valence electrons. The van der Waals surface area contributed by atoms with Crippen molar-refractivity contribution in [1.29, 1.82) is 5.26 Å². The Bertz CT molecular complexity index is 921. The number of amides is 1. The van der Waals surface area contributed by atoms with Crippen LogP contribution in [0.1, 0.15) is 30.9 Å². The SMILES string of the molecule is CC#Cc1cncc2cc(N(C[C@@H]3CCC(=O)N3)OC)c(C#N)cc12. The van der Waals surface area contributed by atoms with E-state index in [1.807, 2.05) is 12.1 Å². The Balaban J connectivity index is 2.03. The first kappa shape index (κ1) is 16.8. The Morgan fingerprint density at radius 1 is 1.40 bits per heavy atom. The van der Waals surface area contributed by atoms with Gasteiger partial charge in [0.05, 0.1) is 30.5 Å². The van der Waals surface area contributed by atoms with Gasteiger partial charge in [-0.25, -0.2) is 0 Å². The first-order chi connectivity index (χ1) is 12.2. The lowest BCUT2D eigenvalue weighted by atomic mass is 10.0. The maximum absolute atomic E-state index is 11.4. The number of hydrogen-bond acceptors (Lipinski definition) is 5. The first-order valence-corrected chi connectivity index (χ1v) is 8.02. The number of carbonyl (C=O) groups is 1. The Hall–Kier alpha value is -3.09. The van der Waals surface area contributed by atoms with Gasteiger partial charge in [0.25, 0.3) is 0 Å². The van der Waals surface area contributed by atoms with E-state index < -0.39 is 0 Å². The number of anilines is 1. The summed E-state index contributed by atoms with van der Waals surface area (Å²) < 4.78 is 0. The summed E-state index contributed by atoms with van der Waals surface area (Å²) in [6.07, 6.45) is 4.72. The molecule has 25 heavy (non-hydrogen) atoms. The van der Waals surface area contributed by atoms with Crippen LogP contribution in [0.4, 0.5) is 5.69 Å². The highest BCUT2D eigenvalue weighted by Gasteiger charge is 2.24. The lowest BCUT2D eigenvalue weighted by Gasteiger charge is -2.26. The minimum absolute atomic E-state index is 0.00473. The third kappa shape index (κ3) is 3.40. The van der Waals surface area contributed by atoms with Gasteiger partial charge < -0.3 is 5.32 Å². The summed E-state index contributed by atoms with van der Waals surface area (Å²) in [5.41, 5.74) is 1.93. The topological polar surface area (TPSA) is 78.2 Å². The molecule has 0 aliphatic carbocycles. The molecule has 1 fully saturated rings. The van der Waals surface area contributed by atoms with Crippen molar-refractivity contribution < 1.29 is 9.63 Å². The quantitative estimate of drug-likeness (QED) is 0.684. The second-order valence-corrected chi connectivity index (χ2v) is 5.81. The molecule has 0 unspecified atom stereocenters. The van der Waals surface area contributed by atoms with Crippen LogP contribution < -0.4 is 10.4 Å². The van der Waals surface area contributed by atoms with E-state index >= 15 is 0 Å². The summed E-state index contributed by atoms with van der Waals surface area (Å²) in [6, 6.07) is 5.92. The van der Waals surface area contributed by atoms with Crippen molar-refractivity contribution in [2.75, 3.05) is 18.7 Å². The van der Waals surface area contributed by atoms with Crippen molar-refractivity contribution in [2.24, 2.45) is 0 Å². The Kier molecular flexibility index (Phi) is 4.83. The average molecular weight is 334 g/mol. The predicted molar refractivity (Wildman–Crippen MR) is 94.5 cm³/mol.